The highest BCUT2D eigenvalue weighted by Crippen LogP contribution is 2.36. The minimum atomic E-state index is -4.85. The number of nitrogens with one attached hydrogen (secondary N) is 1. The number of nitrogens with zero attached hydrogens (tertiary/aromatic N) is 2. The third-order valence-electron chi connectivity index (χ3n) is 5.88. The molecular formula is C29H25F6N3O2S. The summed E-state index contributed by atoms with van der Waals surface area (Å²) in [6, 6.07) is 16.0. The Morgan fingerprint density at radius 2 is 1.29 bits per heavy atom. The van der Waals surface area contributed by atoms with Crippen molar-refractivity contribution in [3.05, 3.63) is 89.6 Å². The fourth-order valence-electron chi connectivity index (χ4n) is 4.15. The summed E-state index contributed by atoms with van der Waals surface area (Å²) < 4.78 is 109. The monoisotopic (exact) mass is 593 g/mol. The topological polar surface area (TPSA) is 72.0 Å². The highest BCUT2D eigenvalue weighted by molar-refractivity contribution is 7.89. The molecule has 216 valence electrons. The first kappa shape index (κ1) is 30.2. The van der Waals surface area contributed by atoms with Gasteiger partial charge in [0.15, 0.2) is 5.82 Å². The van der Waals surface area contributed by atoms with E-state index in [0.29, 0.717) is 17.2 Å². The molecule has 0 radical (unpaired) electrons. The summed E-state index contributed by atoms with van der Waals surface area (Å²) in [5.41, 5.74) is -2.03. The number of rotatable bonds is 5. The van der Waals surface area contributed by atoms with Crippen LogP contribution in [0.25, 0.3) is 33.8 Å². The molecule has 0 aliphatic rings. The molecule has 0 amide bonds. The van der Waals surface area contributed by atoms with Crippen molar-refractivity contribution in [1.29, 1.82) is 0 Å². The number of hydrogen-bond acceptors (Lipinski definition) is 4. The number of sulfonamides is 1. The van der Waals surface area contributed by atoms with Crippen molar-refractivity contribution in [3.63, 3.8) is 0 Å². The normalized spacial score (nSPS) is 12.9. The van der Waals surface area contributed by atoms with E-state index in [9.17, 15) is 34.8 Å². The van der Waals surface area contributed by atoms with Crippen LogP contribution in [0.15, 0.2) is 77.7 Å². The molecular weight excluding hydrogens is 568 g/mol. The van der Waals surface area contributed by atoms with E-state index in [1.165, 1.54) is 31.2 Å². The van der Waals surface area contributed by atoms with Crippen LogP contribution < -0.4 is 4.72 Å². The number of aryl methyl sites for hydroxylation is 1. The smallest absolute Gasteiger partial charge is 0.228 e. The molecule has 0 unspecified atom stereocenters. The summed E-state index contributed by atoms with van der Waals surface area (Å²) in [6.45, 7) is 6.32. The number of alkyl halides is 6. The molecule has 5 nitrogen and oxygen atoms in total. The first-order valence-corrected chi connectivity index (χ1v) is 13.7. The zero-order valence-corrected chi connectivity index (χ0v) is 23.1. The largest absolute Gasteiger partial charge is 0.433 e. The van der Waals surface area contributed by atoms with Crippen LogP contribution in [0.5, 0.6) is 0 Å². The minimum Gasteiger partial charge on any atom is -0.228 e. The van der Waals surface area contributed by atoms with Crippen LogP contribution in [0, 0.1) is 6.92 Å². The van der Waals surface area contributed by atoms with Crippen LogP contribution in [-0.2, 0) is 22.4 Å². The van der Waals surface area contributed by atoms with Crippen LogP contribution in [0.2, 0.25) is 0 Å². The van der Waals surface area contributed by atoms with Gasteiger partial charge in [0.1, 0.15) is 5.69 Å². The van der Waals surface area contributed by atoms with Crippen molar-refractivity contribution in [2.24, 2.45) is 0 Å². The molecule has 1 aromatic heterocycles. The van der Waals surface area contributed by atoms with Gasteiger partial charge in [0.05, 0.1) is 16.2 Å². The lowest BCUT2D eigenvalue weighted by Crippen LogP contribution is -2.40. The summed E-state index contributed by atoms with van der Waals surface area (Å²) >= 11 is 0. The molecule has 0 atom stereocenters. The third kappa shape index (κ3) is 7.12. The van der Waals surface area contributed by atoms with Crippen LogP contribution in [0.1, 0.15) is 37.6 Å². The van der Waals surface area contributed by atoms with Gasteiger partial charge in [-0.3, -0.25) is 0 Å². The summed E-state index contributed by atoms with van der Waals surface area (Å²) in [6.07, 6.45) is -9.47. The van der Waals surface area contributed by atoms with Crippen LogP contribution >= 0.6 is 0 Å². The maximum Gasteiger partial charge on any atom is 0.433 e. The van der Waals surface area contributed by atoms with Gasteiger partial charge in [0.25, 0.3) is 0 Å². The molecule has 0 spiro atoms. The minimum absolute atomic E-state index is 0.00519. The fraction of sp³-hybridized carbons (Fsp3) is 0.241. The fourth-order valence-corrected chi connectivity index (χ4v) is 5.62. The highest BCUT2D eigenvalue weighted by Gasteiger charge is 2.35. The van der Waals surface area contributed by atoms with Gasteiger partial charge in [0.2, 0.25) is 10.0 Å². The Hall–Kier alpha value is -3.77. The zero-order chi connectivity index (χ0) is 30.4. The van der Waals surface area contributed by atoms with Gasteiger partial charge in [-0.05, 0) is 80.8 Å². The molecule has 0 saturated carbocycles. The Kier molecular flexibility index (Phi) is 7.78. The van der Waals surface area contributed by atoms with Crippen molar-refractivity contribution in [3.8, 4) is 33.8 Å². The lowest BCUT2D eigenvalue weighted by atomic mass is 10.0. The van der Waals surface area contributed by atoms with Gasteiger partial charge in [-0.2, -0.15) is 26.3 Å². The van der Waals surface area contributed by atoms with E-state index in [-0.39, 0.29) is 33.1 Å². The van der Waals surface area contributed by atoms with E-state index in [4.69, 9.17) is 0 Å². The van der Waals surface area contributed by atoms with Crippen LogP contribution in [0.4, 0.5) is 26.3 Å². The molecule has 4 aromatic rings. The highest BCUT2D eigenvalue weighted by atomic mass is 32.2. The second-order valence-electron chi connectivity index (χ2n) is 10.5. The summed E-state index contributed by atoms with van der Waals surface area (Å²) in [4.78, 5) is 7.95. The molecule has 0 bridgehead atoms. The van der Waals surface area contributed by atoms with Gasteiger partial charge in [-0.15, -0.1) is 0 Å². The Balaban J connectivity index is 1.80. The van der Waals surface area contributed by atoms with E-state index >= 15 is 0 Å². The second-order valence-corrected chi connectivity index (χ2v) is 12.1. The average molecular weight is 594 g/mol. The first-order chi connectivity index (χ1) is 18.8. The van der Waals surface area contributed by atoms with Gasteiger partial charge in [0, 0.05) is 16.7 Å². The Morgan fingerprint density at radius 3 is 1.88 bits per heavy atom. The lowest BCUT2D eigenvalue weighted by Gasteiger charge is -2.20. The number of benzene rings is 3. The number of halogens is 6. The van der Waals surface area contributed by atoms with Gasteiger partial charge in [-0.25, -0.2) is 23.1 Å². The van der Waals surface area contributed by atoms with Gasteiger partial charge < -0.3 is 0 Å². The van der Waals surface area contributed by atoms with E-state index in [1.54, 1.807) is 45.0 Å². The van der Waals surface area contributed by atoms with E-state index < -0.39 is 39.2 Å². The number of aromatic nitrogens is 2. The quantitative estimate of drug-likeness (QED) is 0.239. The summed E-state index contributed by atoms with van der Waals surface area (Å²) in [5.74, 6) is -0.299. The summed E-state index contributed by atoms with van der Waals surface area (Å²) in [7, 11) is -3.86. The standard InChI is InChI=1S/C29H25F6N3O2S/c1-17-13-20(11-12-23(17)28(30,31)32)24-16-25(29(33,34)35)37-26(36-24)21-9-5-7-18(14-21)19-8-6-10-22(15-19)41(39,40)38-27(2,3)4/h5-16,38H,1-4H3. The van der Waals surface area contributed by atoms with E-state index in [1.807, 2.05) is 0 Å². The lowest BCUT2D eigenvalue weighted by molar-refractivity contribution is -0.141. The second kappa shape index (κ2) is 10.6. The maximum atomic E-state index is 13.8. The molecule has 1 heterocycles. The third-order valence-corrected chi connectivity index (χ3v) is 7.64. The molecule has 12 heteroatoms. The molecule has 0 saturated heterocycles. The maximum absolute atomic E-state index is 13.8. The van der Waals surface area contributed by atoms with Crippen LogP contribution in [0.3, 0.4) is 0 Å². The van der Waals surface area contributed by atoms with E-state index in [0.717, 1.165) is 18.2 Å². The van der Waals surface area contributed by atoms with Crippen molar-refractivity contribution in [1.82, 2.24) is 14.7 Å². The predicted molar refractivity (Wildman–Crippen MR) is 143 cm³/mol. The molecule has 4 rings (SSSR count). The molecule has 0 aliphatic heterocycles. The molecule has 0 fully saturated rings. The van der Waals surface area contributed by atoms with E-state index in [2.05, 4.69) is 14.7 Å². The molecule has 0 aliphatic carbocycles. The molecule has 41 heavy (non-hydrogen) atoms. The van der Waals surface area contributed by atoms with Gasteiger partial charge >= 0.3 is 12.4 Å². The number of hydrogen-bond donors (Lipinski definition) is 1. The van der Waals surface area contributed by atoms with Crippen LogP contribution in [-0.4, -0.2) is 23.9 Å². The molecule has 3 aromatic carbocycles. The molecule has 1 N–H and O–H groups in total. The SMILES string of the molecule is Cc1cc(-c2cc(C(F)(F)F)nc(-c3cccc(-c4cccc(S(=O)(=O)NC(C)(C)C)c4)c3)n2)ccc1C(F)(F)F. The Morgan fingerprint density at radius 1 is 0.683 bits per heavy atom. The Bertz CT molecular complexity index is 1710. The van der Waals surface area contributed by atoms with Crippen molar-refractivity contribution in [2.75, 3.05) is 0 Å². The van der Waals surface area contributed by atoms with Crippen molar-refractivity contribution < 1.29 is 34.8 Å². The predicted octanol–water partition coefficient (Wildman–Crippen LogP) is 7.90. The summed E-state index contributed by atoms with van der Waals surface area (Å²) in [5, 5.41) is 0. The zero-order valence-electron chi connectivity index (χ0n) is 22.3. The average Bonchev–Trinajstić information content (AvgIpc) is 2.86. The first-order valence-electron chi connectivity index (χ1n) is 12.2. The Labute approximate surface area is 233 Å². The van der Waals surface area contributed by atoms with Crippen molar-refractivity contribution >= 4 is 10.0 Å². The van der Waals surface area contributed by atoms with Crippen molar-refractivity contribution in [2.45, 2.75) is 50.5 Å². The van der Waals surface area contributed by atoms with Gasteiger partial charge in [-0.1, -0.05) is 36.4 Å².